The van der Waals surface area contributed by atoms with Gasteiger partial charge in [-0.2, -0.15) is 0 Å². The molecule has 0 aliphatic rings. The number of oxazole rings is 1. The second-order valence-corrected chi connectivity index (χ2v) is 4.82. The van der Waals surface area contributed by atoms with E-state index >= 15 is 0 Å². The van der Waals surface area contributed by atoms with Crippen molar-refractivity contribution in [2.45, 2.75) is 33.2 Å². The van der Waals surface area contributed by atoms with Gasteiger partial charge in [0.25, 0.3) is 0 Å². The second-order valence-electron chi connectivity index (χ2n) is 4.82. The van der Waals surface area contributed by atoms with Crippen molar-refractivity contribution in [3.63, 3.8) is 0 Å². The minimum atomic E-state index is 0.325. The molecule has 1 aromatic carbocycles. The molecule has 0 unspecified atom stereocenters. The fraction of sp³-hybridized carbons (Fsp3) is 0.400. The van der Waals surface area contributed by atoms with Crippen LogP contribution in [0.4, 0.5) is 0 Å². The van der Waals surface area contributed by atoms with Gasteiger partial charge in [0.2, 0.25) is 0 Å². The number of aryl methyl sites for hydroxylation is 1. The molecular weight excluding hydrogens is 240 g/mol. The first kappa shape index (κ1) is 13.6. The first-order valence-electron chi connectivity index (χ1n) is 6.41. The van der Waals surface area contributed by atoms with E-state index in [0.29, 0.717) is 24.1 Å². The average molecular weight is 260 g/mol. The maximum absolute atomic E-state index is 5.72. The first-order chi connectivity index (χ1) is 9.06. The van der Waals surface area contributed by atoms with Gasteiger partial charge in [0.15, 0.2) is 5.89 Å². The van der Waals surface area contributed by atoms with Crippen molar-refractivity contribution >= 4 is 0 Å². The van der Waals surface area contributed by atoms with Gasteiger partial charge >= 0.3 is 0 Å². The molecule has 1 heterocycles. The van der Waals surface area contributed by atoms with Crippen molar-refractivity contribution in [2.75, 3.05) is 7.11 Å². The van der Waals surface area contributed by atoms with Crippen molar-refractivity contribution in [3.8, 4) is 17.0 Å². The van der Waals surface area contributed by atoms with E-state index in [1.54, 1.807) is 7.11 Å². The Hall–Kier alpha value is -1.81. The van der Waals surface area contributed by atoms with Gasteiger partial charge in [0.1, 0.15) is 17.2 Å². The molecule has 2 aromatic rings. The standard InChI is InChI=1S/C15H20N2O2/c1-9(2)11-5-6-13(18-4)12(7-11)15-14(8-16)19-10(3)17-15/h5-7,9H,8,16H2,1-4H3. The molecule has 0 atom stereocenters. The van der Waals surface area contributed by atoms with E-state index < -0.39 is 0 Å². The van der Waals surface area contributed by atoms with Crippen LogP contribution in [0.3, 0.4) is 0 Å². The van der Waals surface area contributed by atoms with E-state index in [1.807, 2.05) is 13.0 Å². The minimum absolute atomic E-state index is 0.325. The Balaban J connectivity index is 2.61. The van der Waals surface area contributed by atoms with Crippen LogP contribution in [0.1, 0.15) is 37.0 Å². The van der Waals surface area contributed by atoms with Crippen molar-refractivity contribution in [1.29, 1.82) is 0 Å². The van der Waals surface area contributed by atoms with Gasteiger partial charge in [-0.15, -0.1) is 0 Å². The molecule has 0 amide bonds. The zero-order valence-corrected chi connectivity index (χ0v) is 11.9. The summed E-state index contributed by atoms with van der Waals surface area (Å²) in [6, 6.07) is 6.14. The lowest BCUT2D eigenvalue weighted by Gasteiger charge is -2.11. The van der Waals surface area contributed by atoms with Crippen LogP contribution in [-0.2, 0) is 6.54 Å². The van der Waals surface area contributed by atoms with Crippen LogP contribution in [0.5, 0.6) is 5.75 Å². The van der Waals surface area contributed by atoms with Gasteiger partial charge in [0, 0.05) is 12.5 Å². The second kappa shape index (κ2) is 5.45. The van der Waals surface area contributed by atoms with Crippen LogP contribution in [0, 0.1) is 6.92 Å². The largest absolute Gasteiger partial charge is 0.496 e. The third-order valence-electron chi connectivity index (χ3n) is 3.13. The fourth-order valence-electron chi connectivity index (χ4n) is 2.09. The Bertz CT molecular complexity index is 574. The molecule has 0 aliphatic heterocycles. The van der Waals surface area contributed by atoms with Crippen molar-refractivity contribution in [2.24, 2.45) is 5.73 Å². The Labute approximate surface area is 113 Å². The first-order valence-corrected chi connectivity index (χ1v) is 6.41. The highest BCUT2D eigenvalue weighted by Crippen LogP contribution is 2.34. The molecule has 0 fully saturated rings. The van der Waals surface area contributed by atoms with Gasteiger partial charge in [0.05, 0.1) is 13.7 Å². The SMILES string of the molecule is COc1ccc(C(C)C)cc1-c1nc(C)oc1CN. The number of benzene rings is 1. The normalized spacial score (nSPS) is 11.1. The lowest BCUT2D eigenvalue weighted by molar-refractivity contribution is 0.416. The van der Waals surface area contributed by atoms with Crippen LogP contribution in [-0.4, -0.2) is 12.1 Å². The third kappa shape index (κ3) is 2.63. The van der Waals surface area contributed by atoms with E-state index in [4.69, 9.17) is 14.9 Å². The van der Waals surface area contributed by atoms with E-state index in [-0.39, 0.29) is 0 Å². The van der Waals surface area contributed by atoms with Crippen LogP contribution in [0.15, 0.2) is 22.6 Å². The molecule has 0 bridgehead atoms. The highest BCUT2D eigenvalue weighted by molar-refractivity contribution is 5.70. The Morgan fingerprint density at radius 1 is 1.37 bits per heavy atom. The maximum atomic E-state index is 5.72. The van der Waals surface area contributed by atoms with E-state index in [1.165, 1.54) is 5.56 Å². The Morgan fingerprint density at radius 2 is 2.11 bits per heavy atom. The average Bonchev–Trinajstić information content (AvgIpc) is 2.78. The molecular formula is C15H20N2O2. The summed E-state index contributed by atoms with van der Waals surface area (Å²) in [5.74, 6) is 2.54. The van der Waals surface area contributed by atoms with Crippen molar-refractivity contribution in [1.82, 2.24) is 4.98 Å². The number of nitrogens with zero attached hydrogens (tertiary/aromatic N) is 1. The monoisotopic (exact) mass is 260 g/mol. The van der Waals surface area contributed by atoms with Gasteiger partial charge < -0.3 is 14.9 Å². The Kier molecular flexibility index (Phi) is 3.90. The summed E-state index contributed by atoms with van der Waals surface area (Å²) in [7, 11) is 1.66. The summed E-state index contributed by atoms with van der Waals surface area (Å²) >= 11 is 0. The topological polar surface area (TPSA) is 61.3 Å². The highest BCUT2D eigenvalue weighted by Gasteiger charge is 2.17. The van der Waals surface area contributed by atoms with E-state index in [2.05, 4.69) is 31.0 Å². The number of hydrogen-bond donors (Lipinski definition) is 1. The number of ether oxygens (including phenoxy) is 1. The van der Waals surface area contributed by atoms with Crippen LogP contribution in [0.25, 0.3) is 11.3 Å². The summed E-state index contributed by atoms with van der Waals surface area (Å²) < 4.78 is 10.9. The third-order valence-corrected chi connectivity index (χ3v) is 3.13. The lowest BCUT2D eigenvalue weighted by atomic mass is 9.98. The summed E-state index contributed by atoms with van der Waals surface area (Å²) in [4.78, 5) is 4.43. The van der Waals surface area contributed by atoms with E-state index in [0.717, 1.165) is 17.0 Å². The number of rotatable bonds is 4. The minimum Gasteiger partial charge on any atom is -0.496 e. The number of aromatic nitrogens is 1. The molecule has 0 saturated carbocycles. The predicted octanol–water partition coefficient (Wildman–Crippen LogP) is 3.24. The molecule has 0 spiro atoms. The smallest absolute Gasteiger partial charge is 0.191 e. The quantitative estimate of drug-likeness (QED) is 0.916. The lowest BCUT2D eigenvalue weighted by Crippen LogP contribution is -1.99. The zero-order chi connectivity index (χ0) is 14.0. The molecule has 19 heavy (non-hydrogen) atoms. The highest BCUT2D eigenvalue weighted by atomic mass is 16.5. The summed E-state index contributed by atoms with van der Waals surface area (Å²) in [5, 5.41) is 0. The summed E-state index contributed by atoms with van der Waals surface area (Å²) in [6.07, 6.45) is 0. The molecule has 2 N–H and O–H groups in total. The van der Waals surface area contributed by atoms with Gasteiger partial charge in [-0.05, 0) is 23.6 Å². The predicted molar refractivity (Wildman–Crippen MR) is 75.2 cm³/mol. The molecule has 1 aromatic heterocycles. The summed E-state index contributed by atoms with van der Waals surface area (Å²) in [6.45, 7) is 6.46. The molecule has 0 saturated heterocycles. The van der Waals surface area contributed by atoms with Gasteiger partial charge in [-0.1, -0.05) is 19.9 Å². The maximum Gasteiger partial charge on any atom is 0.191 e. The number of methoxy groups -OCH3 is 1. The van der Waals surface area contributed by atoms with Crippen molar-refractivity contribution in [3.05, 3.63) is 35.4 Å². The molecule has 102 valence electrons. The fourth-order valence-corrected chi connectivity index (χ4v) is 2.09. The summed E-state index contributed by atoms with van der Waals surface area (Å²) in [5.41, 5.74) is 8.66. The molecule has 4 nitrogen and oxygen atoms in total. The van der Waals surface area contributed by atoms with Crippen LogP contribution >= 0.6 is 0 Å². The van der Waals surface area contributed by atoms with E-state index in [9.17, 15) is 0 Å². The molecule has 0 aliphatic carbocycles. The van der Waals surface area contributed by atoms with Gasteiger partial charge in [-0.25, -0.2) is 4.98 Å². The molecule has 4 heteroatoms. The zero-order valence-electron chi connectivity index (χ0n) is 11.9. The number of hydrogen-bond acceptors (Lipinski definition) is 4. The number of nitrogens with two attached hydrogens (primary N) is 1. The van der Waals surface area contributed by atoms with Crippen LogP contribution < -0.4 is 10.5 Å². The van der Waals surface area contributed by atoms with Gasteiger partial charge in [-0.3, -0.25) is 0 Å². The van der Waals surface area contributed by atoms with Crippen molar-refractivity contribution < 1.29 is 9.15 Å². The molecule has 2 rings (SSSR count). The Morgan fingerprint density at radius 3 is 2.68 bits per heavy atom. The molecule has 0 radical (unpaired) electrons. The van der Waals surface area contributed by atoms with Crippen LogP contribution in [0.2, 0.25) is 0 Å².